The molecule has 1 heterocycles. The fourth-order valence-corrected chi connectivity index (χ4v) is 2.85. The predicted molar refractivity (Wildman–Crippen MR) is 89.9 cm³/mol. The molecule has 3 heteroatoms. The molecule has 0 amide bonds. The molecule has 0 radical (unpaired) electrons. The second-order valence-corrected chi connectivity index (χ2v) is 6.09. The van der Waals surface area contributed by atoms with Gasteiger partial charge in [0, 0.05) is 29.1 Å². The third-order valence-corrected chi connectivity index (χ3v) is 4.40. The largest absolute Gasteiger partial charge is 0.496 e. The van der Waals surface area contributed by atoms with Gasteiger partial charge < -0.3 is 4.74 Å². The van der Waals surface area contributed by atoms with Gasteiger partial charge in [-0.25, -0.2) is 0 Å². The summed E-state index contributed by atoms with van der Waals surface area (Å²) in [5, 5.41) is 0. The number of allylic oxidation sites excluding steroid dienone is 1. The predicted octanol–water partition coefficient (Wildman–Crippen LogP) is 3.93. The molecule has 2 aromatic rings. The lowest BCUT2D eigenvalue weighted by molar-refractivity contribution is 0.404. The van der Waals surface area contributed by atoms with Crippen molar-refractivity contribution >= 4 is 6.08 Å². The van der Waals surface area contributed by atoms with Crippen LogP contribution >= 0.6 is 0 Å². The Balaban J connectivity index is 2.27. The highest BCUT2D eigenvalue weighted by atomic mass is 16.5. The third-order valence-electron chi connectivity index (χ3n) is 4.40. The van der Waals surface area contributed by atoms with Crippen LogP contribution in [0.2, 0.25) is 0 Å². The molecule has 3 nitrogen and oxygen atoms in total. The van der Waals surface area contributed by atoms with Crippen LogP contribution in [0, 0.1) is 0 Å². The highest BCUT2D eigenvalue weighted by Gasteiger charge is 2.42. The highest BCUT2D eigenvalue weighted by Crippen LogP contribution is 2.52. The van der Waals surface area contributed by atoms with E-state index in [2.05, 4.69) is 13.0 Å². The fraction of sp³-hybridized carbons (Fsp3) is 0.316. The Bertz CT molecular complexity index is 782. The smallest absolute Gasteiger partial charge is 0.255 e. The molecule has 114 valence electrons. The van der Waals surface area contributed by atoms with Crippen LogP contribution < -0.4 is 10.3 Å². The number of ether oxygens (including phenoxy) is 1. The van der Waals surface area contributed by atoms with Gasteiger partial charge in [0.1, 0.15) is 5.75 Å². The van der Waals surface area contributed by atoms with Crippen LogP contribution in [0.15, 0.2) is 47.4 Å². The van der Waals surface area contributed by atoms with E-state index in [1.165, 1.54) is 5.56 Å². The van der Waals surface area contributed by atoms with E-state index in [9.17, 15) is 4.79 Å². The van der Waals surface area contributed by atoms with E-state index in [1.807, 2.05) is 37.4 Å². The zero-order valence-electron chi connectivity index (χ0n) is 13.3. The second-order valence-electron chi connectivity index (χ2n) is 6.09. The Morgan fingerprint density at radius 3 is 2.64 bits per heavy atom. The summed E-state index contributed by atoms with van der Waals surface area (Å²) in [4.78, 5) is 12.1. The first-order valence-corrected chi connectivity index (χ1v) is 7.62. The third kappa shape index (κ3) is 2.47. The van der Waals surface area contributed by atoms with E-state index < -0.39 is 0 Å². The van der Waals surface area contributed by atoms with Gasteiger partial charge in [-0.2, -0.15) is 0 Å². The average Bonchev–Trinajstić information content (AvgIpc) is 3.26. The van der Waals surface area contributed by atoms with Crippen LogP contribution in [0.5, 0.6) is 5.75 Å². The van der Waals surface area contributed by atoms with Gasteiger partial charge >= 0.3 is 0 Å². The van der Waals surface area contributed by atoms with Gasteiger partial charge in [-0.1, -0.05) is 25.1 Å². The zero-order valence-corrected chi connectivity index (χ0v) is 13.3. The van der Waals surface area contributed by atoms with Crippen molar-refractivity contribution in [3.63, 3.8) is 0 Å². The molecule has 0 bridgehead atoms. The van der Waals surface area contributed by atoms with Gasteiger partial charge in [-0.15, -0.1) is 0 Å². The number of hydrogen-bond acceptors (Lipinski definition) is 2. The van der Waals surface area contributed by atoms with E-state index in [1.54, 1.807) is 23.8 Å². The number of benzene rings is 1. The number of aromatic nitrogens is 1. The first-order chi connectivity index (χ1) is 10.6. The molecule has 1 saturated carbocycles. The molecule has 1 aromatic heterocycles. The number of pyridine rings is 1. The standard InChI is InChI=1S/C19H21NO2/c1-4-7-14-12-15(20-11-6-5-8-17(20)21)13-16(18(14)22-3)19(2)9-10-19/h4-8,11-13H,9-10H2,1-3H3. The molecule has 1 aliphatic carbocycles. The summed E-state index contributed by atoms with van der Waals surface area (Å²) in [6, 6.07) is 9.32. The number of nitrogens with zero attached hydrogens (tertiary/aromatic N) is 1. The van der Waals surface area contributed by atoms with Crippen molar-refractivity contribution in [2.45, 2.75) is 32.1 Å². The molecule has 1 aliphatic rings. The van der Waals surface area contributed by atoms with E-state index >= 15 is 0 Å². The Kier molecular flexibility index (Phi) is 3.65. The quantitative estimate of drug-likeness (QED) is 0.855. The molecule has 3 rings (SSSR count). The van der Waals surface area contributed by atoms with Gasteiger partial charge in [0.05, 0.1) is 7.11 Å². The summed E-state index contributed by atoms with van der Waals surface area (Å²) >= 11 is 0. The highest BCUT2D eigenvalue weighted by molar-refractivity contribution is 5.66. The molecular weight excluding hydrogens is 274 g/mol. The second kappa shape index (κ2) is 5.48. The molecule has 0 aliphatic heterocycles. The maximum atomic E-state index is 12.1. The van der Waals surface area contributed by atoms with E-state index in [0.717, 1.165) is 29.8 Å². The summed E-state index contributed by atoms with van der Waals surface area (Å²) in [5.74, 6) is 0.922. The first-order valence-electron chi connectivity index (χ1n) is 7.62. The van der Waals surface area contributed by atoms with Gasteiger partial charge in [-0.05, 0) is 43.4 Å². The zero-order chi connectivity index (χ0) is 15.7. The number of methoxy groups -OCH3 is 1. The number of hydrogen-bond donors (Lipinski definition) is 0. The first kappa shape index (κ1) is 14.6. The topological polar surface area (TPSA) is 31.2 Å². The van der Waals surface area contributed by atoms with Crippen molar-refractivity contribution in [3.8, 4) is 11.4 Å². The van der Waals surface area contributed by atoms with Crippen LogP contribution in [0.25, 0.3) is 11.8 Å². The van der Waals surface area contributed by atoms with Crippen LogP contribution in [0.1, 0.15) is 37.8 Å². The van der Waals surface area contributed by atoms with Crippen LogP contribution in [0.4, 0.5) is 0 Å². The van der Waals surface area contributed by atoms with Gasteiger partial charge in [0.15, 0.2) is 0 Å². The molecule has 0 saturated heterocycles. The summed E-state index contributed by atoms with van der Waals surface area (Å²) in [6.07, 6.45) is 8.15. The Hall–Kier alpha value is -2.29. The Labute approximate surface area is 130 Å². The molecule has 1 aromatic carbocycles. The fourth-order valence-electron chi connectivity index (χ4n) is 2.85. The van der Waals surface area contributed by atoms with Gasteiger partial charge in [0.25, 0.3) is 5.56 Å². The number of rotatable bonds is 4. The lowest BCUT2D eigenvalue weighted by atomic mass is 9.93. The molecule has 0 unspecified atom stereocenters. The minimum Gasteiger partial charge on any atom is -0.496 e. The van der Waals surface area contributed by atoms with E-state index in [0.29, 0.717) is 0 Å². The van der Waals surface area contributed by atoms with Crippen molar-refractivity contribution < 1.29 is 4.74 Å². The lowest BCUT2D eigenvalue weighted by Gasteiger charge is -2.19. The SMILES string of the molecule is CC=Cc1cc(-n2ccccc2=O)cc(C2(C)CC2)c1OC. The summed E-state index contributed by atoms with van der Waals surface area (Å²) in [6.45, 7) is 4.24. The molecule has 0 spiro atoms. The van der Waals surface area contributed by atoms with Crippen molar-refractivity contribution in [1.82, 2.24) is 4.57 Å². The Morgan fingerprint density at radius 1 is 1.27 bits per heavy atom. The van der Waals surface area contributed by atoms with E-state index in [4.69, 9.17) is 4.74 Å². The normalized spacial score (nSPS) is 16.0. The minimum atomic E-state index is -0.0222. The van der Waals surface area contributed by atoms with E-state index in [-0.39, 0.29) is 11.0 Å². The van der Waals surface area contributed by atoms with Crippen molar-refractivity contribution in [1.29, 1.82) is 0 Å². The van der Waals surface area contributed by atoms with Gasteiger partial charge in [0.2, 0.25) is 0 Å². The summed E-state index contributed by atoms with van der Waals surface area (Å²) < 4.78 is 7.36. The van der Waals surface area contributed by atoms with Crippen LogP contribution in [-0.2, 0) is 5.41 Å². The maximum absolute atomic E-state index is 12.1. The lowest BCUT2D eigenvalue weighted by Crippen LogP contribution is -2.17. The minimum absolute atomic E-state index is 0.0222. The van der Waals surface area contributed by atoms with Crippen molar-refractivity contribution in [2.75, 3.05) is 7.11 Å². The molecular formula is C19H21NO2. The monoisotopic (exact) mass is 295 g/mol. The molecule has 22 heavy (non-hydrogen) atoms. The van der Waals surface area contributed by atoms with Crippen molar-refractivity contribution in [2.24, 2.45) is 0 Å². The molecule has 0 atom stereocenters. The summed E-state index contributed by atoms with van der Waals surface area (Å²) in [7, 11) is 1.71. The maximum Gasteiger partial charge on any atom is 0.255 e. The van der Waals surface area contributed by atoms with Crippen molar-refractivity contribution in [3.05, 3.63) is 64.1 Å². The average molecular weight is 295 g/mol. The molecule has 1 fully saturated rings. The summed E-state index contributed by atoms with van der Waals surface area (Å²) in [5.41, 5.74) is 3.24. The Morgan fingerprint density at radius 2 is 2.05 bits per heavy atom. The van der Waals surface area contributed by atoms with Gasteiger partial charge in [-0.3, -0.25) is 9.36 Å². The van der Waals surface area contributed by atoms with Crippen LogP contribution in [-0.4, -0.2) is 11.7 Å². The van der Waals surface area contributed by atoms with Crippen LogP contribution in [0.3, 0.4) is 0 Å². The molecule has 0 N–H and O–H groups in total.